The van der Waals surface area contributed by atoms with Crippen molar-refractivity contribution < 1.29 is 4.42 Å². The number of benzene rings is 3. The molecule has 21 heavy (non-hydrogen) atoms. The molecule has 1 heterocycles. The second-order valence-corrected chi connectivity index (χ2v) is 4.60. The van der Waals surface area contributed by atoms with E-state index in [1.165, 1.54) is 17.3 Å². The summed E-state index contributed by atoms with van der Waals surface area (Å²) in [5.41, 5.74) is 2.96. The molecule has 102 valence electrons. The van der Waals surface area contributed by atoms with Gasteiger partial charge in [-0.15, -0.1) is 0 Å². The van der Waals surface area contributed by atoms with Crippen LogP contribution in [0.15, 0.2) is 84.1 Å². The van der Waals surface area contributed by atoms with E-state index in [2.05, 4.69) is 23.7 Å². The van der Waals surface area contributed by atoms with Crippen LogP contribution >= 0.6 is 0 Å². The van der Waals surface area contributed by atoms with Crippen LogP contribution in [-0.4, -0.2) is 4.98 Å². The van der Waals surface area contributed by atoms with Crippen LogP contribution in [0.2, 0.25) is 0 Å². The van der Waals surface area contributed by atoms with E-state index in [9.17, 15) is 0 Å². The zero-order valence-electron chi connectivity index (χ0n) is 11.6. The fourth-order valence-electron chi connectivity index (χ4n) is 2.19. The van der Waals surface area contributed by atoms with Gasteiger partial charge in [0, 0.05) is 5.39 Å². The maximum absolute atomic E-state index is 5.21. The Kier molecular flexibility index (Phi) is 3.79. The van der Waals surface area contributed by atoms with Gasteiger partial charge < -0.3 is 4.42 Å². The largest absolute Gasteiger partial charge is 0.443 e. The lowest BCUT2D eigenvalue weighted by molar-refractivity contribution is 0.602. The SMILES string of the molecule is C=Cc1ccccc1.c1ccc2c(c1)ccc1ocnc12. The van der Waals surface area contributed by atoms with E-state index >= 15 is 0 Å². The first-order valence-electron chi connectivity index (χ1n) is 6.77. The van der Waals surface area contributed by atoms with Gasteiger partial charge in [-0.3, -0.25) is 0 Å². The third kappa shape index (κ3) is 2.84. The van der Waals surface area contributed by atoms with Gasteiger partial charge in [0.15, 0.2) is 12.0 Å². The number of rotatable bonds is 1. The van der Waals surface area contributed by atoms with Gasteiger partial charge in [0.25, 0.3) is 0 Å². The van der Waals surface area contributed by atoms with E-state index in [1.54, 1.807) is 0 Å². The van der Waals surface area contributed by atoms with E-state index in [0.29, 0.717) is 0 Å². The molecule has 3 aromatic carbocycles. The van der Waals surface area contributed by atoms with Crippen molar-refractivity contribution >= 4 is 27.9 Å². The Bertz CT molecular complexity index is 862. The molecular formula is C19H15NO. The van der Waals surface area contributed by atoms with Crippen molar-refractivity contribution in [2.75, 3.05) is 0 Å². The van der Waals surface area contributed by atoms with Crippen LogP contribution in [-0.2, 0) is 0 Å². The number of aromatic nitrogens is 1. The Morgan fingerprint density at radius 2 is 1.62 bits per heavy atom. The summed E-state index contributed by atoms with van der Waals surface area (Å²) in [6, 6.07) is 22.2. The lowest BCUT2D eigenvalue weighted by Gasteiger charge is -1.95. The van der Waals surface area contributed by atoms with E-state index in [0.717, 1.165) is 16.5 Å². The third-order valence-electron chi connectivity index (χ3n) is 3.26. The number of fused-ring (bicyclic) bond motifs is 3. The summed E-state index contributed by atoms with van der Waals surface area (Å²) in [6.45, 7) is 3.63. The molecule has 2 heteroatoms. The maximum atomic E-state index is 5.21. The van der Waals surface area contributed by atoms with Gasteiger partial charge in [0.2, 0.25) is 0 Å². The molecule has 4 rings (SSSR count). The smallest absolute Gasteiger partial charge is 0.182 e. The zero-order valence-corrected chi connectivity index (χ0v) is 11.6. The van der Waals surface area contributed by atoms with Crippen LogP contribution in [0.5, 0.6) is 0 Å². The van der Waals surface area contributed by atoms with Crippen LogP contribution < -0.4 is 0 Å². The predicted octanol–water partition coefficient (Wildman–Crippen LogP) is 5.31. The molecule has 0 N–H and O–H groups in total. The summed E-state index contributed by atoms with van der Waals surface area (Å²) in [6.07, 6.45) is 3.32. The lowest BCUT2D eigenvalue weighted by atomic mass is 10.1. The summed E-state index contributed by atoms with van der Waals surface area (Å²) >= 11 is 0. The Balaban J connectivity index is 0.000000143. The summed E-state index contributed by atoms with van der Waals surface area (Å²) < 4.78 is 5.21. The minimum atomic E-state index is 0.846. The van der Waals surface area contributed by atoms with Crippen LogP contribution in [0.25, 0.3) is 27.9 Å². The first-order valence-corrected chi connectivity index (χ1v) is 6.77. The van der Waals surface area contributed by atoms with Crippen molar-refractivity contribution in [1.29, 1.82) is 0 Å². The van der Waals surface area contributed by atoms with E-state index in [1.807, 2.05) is 60.7 Å². The van der Waals surface area contributed by atoms with Gasteiger partial charge >= 0.3 is 0 Å². The molecule has 0 bridgehead atoms. The first-order chi connectivity index (χ1) is 10.4. The number of nitrogens with zero attached hydrogens (tertiary/aromatic N) is 1. The topological polar surface area (TPSA) is 26.0 Å². The molecular weight excluding hydrogens is 258 g/mol. The minimum absolute atomic E-state index is 0.846. The summed E-state index contributed by atoms with van der Waals surface area (Å²) in [4.78, 5) is 4.18. The molecule has 4 aromatic rings. The molecule has 0 aliphatic carbocycles. The Labute approximate surface area is 123 Å². The van der Waals surface area contributed by atoms with E-state index in [4.69, 9.17) is 4.42 Å². The molecule has 0 aliphatic rings. The van der Waals surface area contributed by atoms with Gasteiger partial charge in [-0.1, -0.05) is 73.3 Å². The predicted molar refractivity (Wildman–Crippen MR) is 88.0 cm³/mol. The van der Waals surface area contributed by atoms with E-state index < -0.39 is 0 Å². The molecule has 0 saturated heterocycles. The third-order valence-corrected chi connectivity index (χ3v) is 3.26. The van der Waals surface area contributed by atoms with Crippen molar-refractivity contribution in [1.82, 2.24) is 4.98 Å². The molecule has 0 atom stereocenters. The van der Waals surface area contributed by atoms with E-state index in [-0.39, 0.29) is 0 Å². The fourth-order valence-corrected chi connectivity index (χ4v) is 2.19. The van der Waals surface area contributed by atoms with Crippen LogP contribution in [0.1, 0.15) is 5.56 Å². The molecule has 0 fully saturated rings. The highest BCUT2D eigenvalue weighted by Crippen LogP contribution is 2.23. The molecule has 0 amide bonds. The van der Waals surface area contributed by atoms with Gasteiger partial charge in [-0.05, 0) is 17.0 Å². The molecule has 2 nitrogen and oxygen atoms in total. The van der Waals surface area contributed by atoms with Crippen molar-refractivity contribution in [3.63, 3.8) is 0 Å². The Morgan fingerprint density at radius 1 is 0.857 bits per heavy atom. The normalized spacial score (nSPS) is 10.1. The molecule has 0 unspecified atom stereocenters. The molecule has 0 radical (unpaired) electrons. The van der Waals surface area contributed by atoms with Crippen molar-refractivity contribution in [2.45, 2.75) is 0 Å². The van der Waals surface area contributed by atoms with Crippen molar-refractivity contribution in [2.24, 2.45) is 0 Å². The average Bonchev–Trinajstić information content (AvgIpc) is 3.05. The Hall–Kier alpha value is -2.87. The number of hydrogen-bond donors (Lipinski definition) is 0. The highest BCUT2D eigenvalue weighted by atomic mass is 16.3. The lowest BCUT2D eigenvalue weighted by Crippen LogP contribution is -1.73. The van der Waals surface area contributed by atoms with Crippen LogP contribution in [0, 0.1) is 0 Å². The Morgan fingerprint density at radius 3 is 2.38 bits per heavy atom. The standard InChI is InChI=1S/C11H7NO.C8H8/c1-2-4-9-8(3-1)5-6-10-11(9)12-7-13-10;1-2-8-6-4-3-5-7-8/h1-7H;2-7H,1H2. The number of hydrogen-bond acceptors (Lipinski definition) is 2. The molecule has 0 aliphatic heterocycles. The summed E-state index contributed by atoms with van der Waals surface area (Å²) in [7, 11) is 0. The van der Waals surface area contributed by atoms with Gasteiger partial charge in [-0.25, -0.2) is 4.98 Å². The van der Waals surface area contributed by atoms with Crippen LogP contribution in [0.3, 0.4) is 0 Å². The average molecular weight is 273 g/mol. The van der Waals surface area contributed by atoms with Crippen molar-refractivity contribution in [3.8, 4) is 0 Å². The van der Waals surface area contributed by atoms with Crippen molar-refractivity contribution in [3.05, 3.63) is 85.3 Å². The fraction of sp³-hybridized carbons (Fsp3) is 0. The molecule has 0 saturated carbocycles. The maximum Gasteiger partial charge on any atom is 0.182 e. The van der Waals surface area contributed by atoms with Gasteiger partial charge in [0.05, 0.1) is 0 Å². The number of oxazole rings is 1. The minimum Gasteiger partial charge on any atom is -0.443 e. The van der Waals surface area contributed by atoms with Gasteiger partial charge in [0.1, 0.15) is 5.52 Å². The summed E-state index contributed by atoms with van der Waals surface area (Å²) in [5.74, 6) is 0. The molecule has 0 spiro atoms. The van der Waals surface area contributed by atoms with Gasteiger partial charge in [-0.2, -0.15) is 0 Å². The van der Waals surface area contributed by atoms with Crippen LogP contribution in [0.4, 0.5) is 0 Å². The highest BCUT2D eigenvalue weighted by molar-refractivity contribution is 6.03. The quantitative estimate of drug-likeness (QED) is 0.469. The second-order valence-electron chi connectivity index (χ2n) is 4.60. The molecule has 1 aromatic heterocycles. The summed E-state index contributed by atoms with van der Waals surface area (Å²) in [5, 5.41) is 2.35. The zero-order chi connectivity index (χ0) is 14.5. The second kappa shape index (κ2) is 6.06. The monoisotopic (exact) mass is 273 g/mol. The first kappa shape index (κ1) is 13.1. The highest BCUT2D eigenvalue weighted by Gasteiger charge is 2.01.